The maximum Gasteiger partial charge on any atom is -0.147 e. The molecule has 0 unspecified atom stereocenters. The van der Waals surface area contributed by atoms with Gasteiger partial charge < -0.3 is 0 Å². The topological polar surface area (TPSA) is 9.23 Å². The molecule has 0 atom stereocenters. The molecule has 0 saturated heterocycles. The Balaban J connectivity index is 0.00000196. The second-order valence-electron chi connectivity index (χ2n) is 8.07. The van der Waals surface area contributed by atoms with Crippen LogP contribution in [0, 0.1) is 5.41 Å². The Labute approximate surface area is 188 Å². The maximum atomic E-state index is 6.68. The first-order chi connectivity index (χ1) is 12.4. The predicted molar refractivity (Wildman–Crippen MR) is 124 cm³/mol. The number of halogens is 2. The van der Waals surface area contributed by atoms with Gasteiger partial charge in [-0.15, -0.1) is 24.8 Å². The fourth-order valence-electron chi connectivity index (χ4n) is 3.38. The van der Waals surface area contributed by atoms with E-state index in [4.69, 9.17) is 3.32 Å². The summed E-state index contributed by atoms with van der Waals surface area (Å²) in [4.78, 5) is 0. The maximum absolute atomic E-state index is 6.68. The zero-order valence-electron chi connectivity index (χ0n) is 17.3. The molecule has 28 heavy (non-hydrogen) atoms. The van der Waals surface area contributed by atoms with Gasteiger partial charge in [0, 0.05) is 0 Å². The third-order valence-electron chi connectivity index (χ3n) is 4.63. The van der Waals surface area contributed by atoms with Crippen LogP contribution in [0.4, 0.5) is 0 Å². The molecule has 2 aromatic carbocycles. The predicted octanol–water partition coefficient (Wildman–Crippen LogP) is 7.58. The molecule has 4 heteroatoms. The Morgan fingerprint density at radius 3 is 2.14 bits per heavy atom. The molecule has 3 rings (SSSR count). The number of hydrogen-bond donors (Lipinski definition) is 0. The van der Waals surface area contributed by atoms with Gasteiger partial charge >= 0.3 is 164 Å². The molecule has 0 bridgehead atoms. The van der Waals surface area contributed by atoms with Crippen LogP contribution in [0.25, 0.3) is 11.1 Å². The molecule has 0 fully saturated rings. The standard InChI is InChI=1S/C12H10O.C9H13.C3H6.2ClH.Ti/c13-12-8-4-7-11(9-12)10-5-2-1-3-6-10;1-9(2,3)8-6-4-5-7-8;1-3-2;;;/h1-9,13H;4,6H,5H2,1-3H3;1-2H3;2*1H;/q;;;;;+1/p-1. The minimum atomic E-state index is -1.95. The smallest absolute Gasteiger partial charge is 0.147 e. The third-order valence-corrected chi connectivity index (χ3v) is 8.33. The molecule has 0 radical (unpaired) electrons. The van der Waals surface area contributed by atoms with E-state index in [1.165, 1.54) is 20.5 Å². The number of allylic oxidation sites excluding steroid dienone is 4. The molecular formula is C24H30Cl2OTi. The van der Waals surface area contributed by atoms with Gasteiger partial charge in [-0.05, 0) is 0 Å². The van der Waals surface area contributed by atoms with Crippen LogP contribution < -0.4 is 3.32 Å². The molecule has 1 aliphatic rings. The molecule has 0 aromatic heterocycles. The van der Waals surface area contributed by atoms with Gasteiger partial charge in [-0.25, -0.2) is 0 Å². The van der Waals surface area contributed by atoms with E-state index in [1.807, 2.05) is 0 Å². The van der Waals surface area contributed by atoms with Gasteiger partial charge in [0.25, 0.3) is 0 Å². The van der Waals surface area contributed by atoms with Gasteiger partial charge in [0.2, 0.25) is 0 Å². The van der Waals surface area contributed by atoms with E-state index in [2.05, 4.69) is 101 Å². The Bertz CT molecular complexity index is 886. The van der Waals surface area contributed by atoms with Crippen LogP contribution in [0.3, 0.4) is 0 Å². The van der Waals surface area contributed by atoms with Crippen LogP contribution in [-0.2, 0) is 17.8 Å². The van der Waals surface area contributed by atoms with E-state index in [0.29, 0.717) is 0 Å². The van der Waals surface area contributed by atoms with Crippen LogP contribution in [0.2, 0.25) is 0 Å². The quantitative estimate of drug-likeness (QED) is 0.434. The summed E-state index contributed by atoms with van der Waals surface area (Å²) in [5.74, 6) is 0.996. The van der Waals surface area contributed by atoms with Gasteiger partial charge in [-0.3, -0.25) is 0 Å². The minimum Gasteiger partial charge on any atom is -0.147 e. The summed E-state index contributed by atoms with van der Waals surface area (Å²) >= 11 is -1.95. The van der Waals surface area contributed by atoms with Crippen LogP contribution in [0.1, 0.15) is 41.0 Å². The number of benzene rings is 2. The molecular weight excluding hydrogens is 423 g/mol. The molecule has 0 aliphatic heterocycles. The molecule has 0 amide bonds. The van der Waals surface area contributed by atoms with E-state index in [9.17, 15) is 0 Å². The molecule has 0 saturated carbocycles. The van der Waals surface area contributed by atoms with Crippen LogP contribution in [0.15, 0.2) is 76.2 Å². The molecule has 2 aromatic rings. The first-order valence-electron chi connectivity index (χ1n) is 9.27. The number of hydrogen-bond acceptors (Lipinski definition) is 1. The summed E-state index contributed by atoms with van der Waals surface area (Å²) in [6.07, 6.45) is 5.66. The average molecular weight is 453 g/mol. The van der Waals surface area contributed by atoms with Crippen molar-refractivity contribution in [2.75, 3.05) is 0 Å². The van der Waals surface area contributed by atoms with Gasteiger partial charge in [0.15, 0.2) is 0 Å². The summed E-state index contributed by atoms with van der Waals surface area (Å²) in [5.41, 5.74) is 4.09. The second-order valence-corrected chi connectivity index (χ2v) is 11.9. The van der Waals surface area contributed by atoms with E-state index in [1.54, 1.807) is 3.88 Å². The van der Waals surface area contributed by atoms with E-state index in [-0.39, 0.29) is 30.2 Å². The van der Waals surface area contributed by atoms with E-state index in [0.717, 1.165) is 12.2 Å². The van der Waals surface area contributed by atoms with Crippen LogP contribution in [-0.4, -0.2) is 3.81 Å². The Morgan fingerprint density at radius 2 is 1.54 bits per heavy atom. The first-order valence-corrected chi connectivity index (χ1v) is 11.5. The molecule has 1 aliphatic carbocycles. The third kappa shape index (κ3) is 5.94. The molecule has 1 nitrogen and oxygen atoms in total. The van der Waals surface area contributed by atoms with Crippen molar-refractivity contribution in [3.05, 3.63) is 76.2 Å². The fraction of sp³-hybridized carbons (Fsp3) is 0.292. The number of rotatable bonds is 4. The average Bonchev–Trinajstić information content (AvgIpc) is 3.10. The normalized spacial score (nSPS) is 12.9. The monoisotopic (exact) mass is 452 g/mol. The zero-order chi connectivity index (χ0) is 18.7. The van der Waals surface area contributed by atoms with Crippen LogP contribution >= 0.6 is 24.8 Å². The van der Waals surface area contributed by atoms with E-state index < -0.39 is 17.8 Å². The van der Waals surface area contributed by atoms with Crippen molar-refractivity contribution in [1.82, 2.24) is 0 Å². The zero-order valence-corrected chi connectivity index (χ0v) is 20.5. The van der Waals surface area contributed by atoms with Crippen molar-refractivity contribution in [1.29, 1.82) is 0 Å². The van der Waals surface area contributed by atoms with Crippen molar-refractivity contribution < 1.29 is 21.1 Å². The molecule has 0 heterocycles. The van der Waals surface area contributed by atoms with Gasteiger partial charge in [-0.1, -0.05) is 0 Å². The Hall–Kier alpha value is -1.12. The Morgan fingerprint density at radius 1 is 0.893 bits per heavy atom. The minimum absolute atomic E-state index is 0. The summed E-state index contributed by atoms with van der Waals surface area (Å²) < 4.78 is 9.69. The van der Waals surface area contributed by atoms with Gasteiger partial charge in [0.1, 0.15) is 0 Å². The second kappa shape index (κ2) is 10.6. The van der Waals surface area contributed by atoms with Gasteiger partial charge in [0.05, 0.1) is 0 Å². The summed E-state index contributed by atoms with van der Waals surface area (Å²) in [5, 5.41) is 0. The Kier molecular flexibility index (Phi) is 9.44. The summed E-state index contributed by atoms with van der Waals surface area (Å²) in [6, 6.07) is 19.0. The van der Waals surface area contributed by atoms with Crippen molar-refractivity contribution in [3.63, 3.8) is 0 Å². The molecule has 0 spiro atoms. The van der Waals surface area contributed by atoms with Gasteiger partial charge in [-0.2, -0.15) is 0 Å². The first kappa shape index (κ1) is 24.9. The van der Waals surface area contributed by atoms with Crippen molar-refractivity contribution in [2.24, 2.45) is 5.41 Å². The molecule has 0 N–H and O–H groups in total. The summed E-state index contributed by atoms with van der Waals surface area (Å²) in [7, 11) is 0. The van der Waals surface area contributed by atoms with Crippen molar-refractivity contribution >= 4 is 28.6 Å². The SMILES string of the molecule is C[C](C)=[Ti]([O]c1cccc(-c2ccccc2)c1)[C]1=C(C(C)(C)C)C=CC1.Cl.Cl. The molecule has 150 valence electrons. The largest absolute Gasteiger partial charge is 0.147 e. The van der Waals surface area contributed by atoms with Crippen molar-refractivity contribution in [2.45, 2.75) is 41.0 Å². The fourth-order valence-corrected chi connectivity index (χ4v) is 6.97. The summed E-state index contributed by atoms with van der Waals surface area (Å²) in [6.45, 7) is 11.4. The van der Waals surface area contributed by atoms with E-state index >= 15 is 0 Å². The van der Waals surface area contributed by atoms with Crippen molar-refractivity contribution in [3.8, 4) is 16.9 Å². The van der Waals surface area contributed by atoms with Crippen LogP contribution in [0.5, 0.6) is 5.75 Å².